The van der Waals surface area contributed by atoms with Crippen molar-refractivity contribution in [1.82, 2.24) is 4.98 Å². The van der Waals surface area contributed by atoms with Crippen LogP contribution < -0.4 is 4.74 Å². The maximum atomic E-state index is 10.3. The minimum absolute atomic E-state index is 0.327. The number of rotatable bonds is 4. The molecule has 1 unspecified atom stereocenters. The first-order chi connectivity index (χ1) is 6.63. The predicted octanol–water partition coefficient (Wildman–Crippen LogP) is 0.598. The highest BCUT2D eigenvalue weighted by Crippen LogP contribution is 2.16. The van der Waals surface area contributed by atoms with Gasteiger partial charge in [0.2, 0.25) is 0 Å². The molecular weight excluding hydrogens is 186 g/mol. The van der Waals surface area contributed by atoms with Gasteiger partial charge in [0.05, 0.1) is 25.4 Å². The molecule has 1 aromatic heterocycles. The molecule has 0 saturated carbocycles. The Kier molecular flexibility index (Phi) is 3.41. The number of aliphatic hydroxyl groups excluding tert-OH is 1. The lowest BCUT2D eigenvalue weighted by atomic mass is 10.2. The van der Waals surface area contributed by atoms with E-state index in [1.807, 2.05) is 0 Å². The normalized spacial score (nSPS) is 12.1. The second-order valence-corrected chi connectivity index (χ2v) is 2.74. The van der Waals surface area contributed by atoms with Gasteiger partial charge in [-0.05, 0) is 12.1 Å². The van der Waals surface area contributed by atoms with E-state index >= 15 is 0 Å². The van der Waals surface area contributed by atoms with Crippen molar-refractivity contribution in [2.75, 3.05) is 7.11 Å². The van der Waals surface area contributed by atoms with Crippen molar-refractivity contribution in [2.24, 2.45) is 0 Å². The number of carboxylic acid groups (broad SMARTS) is 1. The van der Waals surface area contributed by atoms with E-state index in [1.54, 1.807) is 6.07 Å². The summed E-state index contributed by atoms with van der Waals surface area (Å²) in [6.45, 7) is 0. The standard InChI is InChI=1S/C9H11NO4/c1-14-6-2-3-7(10-5-6)8(11)4-9(12)13/h2-3,5,8,11H,4H2,1H3,(H,12,13). The lowest BCUT2D eigenvalue weighted by Crippen LogP contribution is -2.06. The molecule has 0 spiro atoms. The Hall–Kier alpha value is -1.62. The van der Waals surface area contributed by atoms with E-state index in [0.717, 1.165) is 0 Å². The van der Waals surface area contributed by atoms with Crippen molar-refractivity contribution in [2.45, 2.75) is 12.5 Å². The quantitative estimate of drug-likeness (QED) is 0.738. The molecule has 76 valence electrons. The maximum absolute atomic E-state index is 10.3. The molecule has 5 nitrogen and oxygen atoms in total. The molecule has 0 bridgehead atoms. The Bertz CT molecular complexity index is 309. The summed E-state index contributed by atoms with van der Waals surface area (Å²) in [5.74, 6) is -0.494. The van der Waals surface area contributed by atoms with E-state index in [9.17, 15) is 9.90 Å². The van der Waals surface area contributed by atoms with Gasteiger partial charge in [0.15, 0.2) is 0 Å². The second-order valence-electron chi connectivity index (χ2n) is 2.74. The topological polar surface area (TPSA) is 79.7 Å². The monoisotopic (exact) mass is 197 g/mol. The first-order valence-electron chi connectivity index (χ1n) is 4.03. The summed E-state index contributed by atoms with van der Waals surface area (Å²) in [5.41, 5.74) is 0.327. The molecule has 1 atom stereocenters. The van der Waals surface area contributed by atoms with Crippen molar-refractivity contribution >= 4 is 5.97 Å². The molecule has 1 rings (SSSR count). The molecule has 0 aromatic carbocycles. The number of ether oxygens (including phenoxy) is 1. The lowest BCUT2D eigenvalue weighted by molar-refractivity contribution is -0.139. The van der Waals surface area contributed by atoms with Crippen molar-refractivity contribution < 1.29 is 19.7 Å². The van der Waals surface area contributed by atoms with E-state index in [4.69, 9.17) is 9.84 Å². The highest BCUT2D eigenvalue weighted by atomic mass is 16.5. The molecule has 1 aromatic rings. The summed E-state index contributed by atoms with van der Waals surface area (Å²) >= 11 is 0. The van der Waals surface area contributed by atoms with Crippen molar-refractivity contribution in [3.05, 3.63) is 24.0 Å². The van der Waals surface area contributed by atoms with Crippen LogP contribution in [0.25, 0.3) is 0 Å². The van der Waals surface area contributed by atoms with Gasteiger partial charge in [-0.2, -0.15) is 0 Å². The Morgan fingerprint density at radius 2 is 2.36 bits per heavy atom. The molecule has 1 heterocycles. The molecule has 0 fully saturated rings. The molecule has 0 radical (unpaired) electrons. The number of hydrogen-bond acceptors (Lipinski definition) is 4. The third kappa shape index (κ3) is 2.70. The first kappa shape index (κ1) is 10.5. The molecule has 0 amide bonds. The zero-order valence-corrected chi connectivity index (χ0v) is 7.67. The van der Waals surface area contributed by atoms with Gasteiger partial charge in [0.1, 0.15) is 11.9 Å². The molecule has 0 saturated heterocycles. The van der Waals surface area contributed by atoms with Crippen molar-refractivity contribution in [3.8, 4) is 5.75 Å². The van der Waals surface area contributed by atoms with Crippen LogP contribution in [-0.2, 0) is 4.79 Å². The Morgan fingerprint density at radius 3 is 2.79 bits per heavy atom. The summed E-state index contributed by atoms with van der Waals surface area (Å²) in [6.07, 6.45) is 0.0121. The summed E-state index contributed by atoms with van der Waals surface area (Å²) < 4.78 is 4.87. The first-order valence-corrected chi connectivity index (χ1v) is 4.03. The van der Waals surface area contributed by atoms with Crippen molar-refractivity contribution in [3.63, 3.8) is 0 Å². The van der Waals surface area contributed by atoms with Crippen LogP contribution in [-0.4, -0.2) is 28.3 Å². The van der Waals surface area contributed by atoms with E-state index in [0.29, 0.717) is 11.4 Å². The van der Waals surface area contributed by atoms with Crippen LogP contribution in [0.3, 0.4) is 0 Å². The van der Waals surface area contributed by atoms with Crippen LogP contribution in [0.5, 0.6) is 5.75 Å². The SMILES string of the molecule is COc1ccc(C(O)CC(=O)O)nc1. The largest absolute Gasteiger partial charge is 0.495 e. The van der Waals surface area contributed by atoms with Crippen LogP contribution >= 0.6 is 0 Å². The fraction of sp³-hybridized carbons (Fsp3) is 0.333. The lowest BCUT2D eigenvalue weighted by Gasteiger charge is -2.07. The van der Waals surface area contributed by atoms with Gasteiger partial charge in [-0.3, -0.25) is 9.78 Å². The van der Waals surface area contributed by atoms with Crippen molar-refractivity contribution in [1.29, 1.82) is 0 Å². The Balaban J connectivity index is 2.71. The minimum Gasteiger partial charge on any atom is -0.495 e. The number of carboxylic acids is 1. The van der Waals surface area contributed by atoms with Gasteiger partial charge >= 0.3 is 5.97 Å². The highest BCUT2D eigenvalue weighted by molar-refractivity contribution is 5.67. The van der Waals surface area contributed by atoms with Gasteiger partial charge in [-0.25, -0.2) is 0 Å². The maximum Gasteiger partial charge on any atom is 0.306 e. The predicted molar refractivity (Wildman–Crippen MR) is 48.0 cm³/mol. The van der Waals surface area contributed by atoms with Crippen LogP contribution in [0.1, 0.15) is 18.2 Å². The van der Waals surface area contributed by atoms with Crippen LogP contribution in [0.4, 0.5) is 0 Å². The van der Waals surface area contributed by atoms with Gasteiger partial charge in [-0.1, -0.05) is 0 Å². The van der Waals surface area contributed by atoms with Gasteiger partial charge < -0.3 is 14.9 Å². The Labute approximate surface area is 81.0 Å². The summed E-state index contributed by atoms with van der Waals surface area (Å²) in [6, 6.07) is 3.15. The summed E-state index contributed by atoms with van der Waals surface area (Å²) in [4.78, 5) is 14.2. The number of carbonyl (C=O) groups is 1. The van der Waals surface area contributed by atoms with Gasteiger partial charge in [0.25, 0.3) is 0 Å². The average Bonchev–Trinajstić information content (AvgIpc) is 2.17. The molecule has 0 aliphatic rings. The van der Waals surface area contributed by atoms with Crippen LogP contribution in [0.2, 0.25) is 0 Å². The van der Waals surface area contributed by atoms with Crippen LogP contribution in [0, 0.1) is 0 Å². The van der Waals surface area contributed by atoms with Crippen LogP contribution in [0.15, 0.2) is 18.3 Å². The van der Waals surface area contributed by atoms with Gasteiger partial charge in [0, 0.05) is 0 Å². The average molecular weight is 197 g/mol. The summed E-state index contributed by atoms with van der Waals surface area (Å²) in [5, 5.41) is 17.8. The number of aromatic nitrogens is 1. The smallest absolute Gasteiger partial charge is 0.306 e. The number of pyridine rings is 1. The van der Waals surface area contributed by atoms with Gasteiger partial charge in [-0.15, -0.1) is 0 Å². The van der Waals surface area contributed by atoms with E-state index in [-0.39, 0.29) is 6.42 Å². The third-order valence-electron chi connectivity index (χ3n) is 1.70. The number of nitrogens with zero attached hydrogens (tertiary/aromatic N) is 1. The fourth-order valence-corrected chi connectivity index (χ4v) is 0.980. The van der Waals surface area contributed by atoms with E-state index in [2.05, 4.69) is 4.98 Å². The fourth-order valence-electron chi connectivity index (χ4n) is 0.980. The molecular formula is C9H11NO4. The number of aliphatic carboxylic acids is 1. The Morgan fingerprint density at radius 1 is 1.64 bits per heavy atom. The number of hydrogen-bond donors (Lipinski definition) is 2. The minimum atomic E-state index is -1.07. The van der Waals surface area contributed by atoms with E-state index in [1.165, 1.54) is 19.4 Å². The second kappa shape index (κ2) is 4.57. The van der Waals surface area contributed by atoms with E-state index < -0.39 is 12.1 Å². The number of aliphatic hydroxyl groups is 1. The molecule has 5 heteroatoms. The highest BCUT2D eigenvalue weighted by Gasteiger charge is 2.12. The molecule has 0 aliphatic heterocycles. The zero-order chi connectivity index (χ0) is 10.6. The third-order valence-corrected chi connectivity index (χ3v) is 1.70. The molecule has 14 heavy (non-hydrogen) atoms. The summed E-state index contributed by atoms with van der Waals surface area (Å²) in [7, 11) is 1.50. The zero-order valence-electron chi connectivity index (χ0n) is 7.67. The molecule has 2 N–H and O–H groups in total. The number of methoxy groups -OCH3 is 1. The molecule has 0 aliphatic carbocycles.